The van der Waals surface area contributed by atoms with Crippen LogP contribution in [-0.2, 0) is 4.79 Å². The molecule has 0 aliphatic heterocycles. The fourth-order valence-electron chi connectivity index (χ4n) is 2.10. The van der Waals surface area contributed by atoms with Crippen molar-refractivity contribution in [2.45, 2.75) is 9.10 Å². The molecular weight excluding hydrogens is 416 g/mol. The van der Waals surface area contributed by atoms with Gasteiger partial charge in [-0.15, -0.1) is 11.3 Å². The van der Waals surface area contributed by atoms with Gasteiger partial charge in [-0.1, -0.05) is 23.4 Å². The van der Waals surface area contributed by atoms with Crippen LogP contribution < -0.4 is 14.9 Å². The summed E-state index contributed by atoms with van der Waals surface area (Å²) >= 11 is 9.13. The van der Waals surface area contributed by atoms with Gasteiger partial charge < -0.3 is 9.47 Å². The van der Waals surface area contributed by atoms with Crippen LogP contribution in [0.4, 0.5) is 0 Å². The molecule has 8 heteroatoms. The van der Waals surface area contributed by atoms with E-state index >= 15 is 0 Å². The van der Waals surface area contributed by atoms with Crippen molar-refractivity contribution in [3.8, 4) is 11.5 Å². The number of rotatable bonds is 8. The van der Waals surface area contributed by atoms with Crippen molar-refractivity contribution < 1.29 is 14.3 Å². The van der Waals surface area contributed by atoms with E-state index in [2.05, 4.69) is 10.5 Å². The van der Waals surface area contributed by atoms with Crippen molar-refractivity contribution in [3.63, 3.8) is 0 Å². The summed E-state index contributed by atoms with van der Waals surface area (Å²) in [5.41, 5.74) is 2.46. The lowest BCUT2D eigenvalue weighted by Crippen LogP contribution is -2.24. The molecule has 0 fully saturated rings. The van der Waals surface area contributed by atoms with E-state index < -0.39 is 0 Å². The van der Waals surface area contributed by atoms with Crippen molar-refractivity contribution in [3.05, 3.63) is 70.6 Å². The topological polar surface area (TPSA) is 59.9 Å². The molecule has 0 unspecified atom stereocenters. The van der Waals surface area contributed by atoms with Gasteiger partial charge in [0, 0.05) is 14.8 Å². The number of carbonyl (C=O) groups excluding carboxylic acids is 1. The summed E-state index contributed by atoms with van der Waals surface area (Å²) in [6.07, 6.45) is 1.61. The molecule has 3 aromatic rings. The Balaban J connectivity index is 1.44. The van der Waals surface area contributed by atoms with Crippen LogP contribution in [0.3, 0.4) is 0 Å². The monoisotopic (exact) mass is 432 g/mol. The van der Waals surface area contributed by atoms with Gasteiger partial charge in [0.15, 0.2) is 6.61 Å². The zero-order valence-corrected chi connectivity index (χ0v) is 17.3. The molecule has 0 aliphatic carbocycles. The number of benzene rings is 2. The number of carbonyl (C=O) groups is 1. The minimum atomic E-state index is -0.334. The highest BCUT2D eigenvalue weighted by molar-refractivity contribution is 8.01. The summed E-state index contributed by atoms with van der Waals surface area (Å²) < 4.78 is 11.6. The molecule has 0 radical (unpaired) electrons. The molecule has 5 nitrogen and oxygen atoms in total. The molecule has 144 valence electrons. The maximum atomic E-state index is 11.8. The predicted molar refractivity (Wildman–Crippen MR) is 114 cm³/mol. The molecule has 0 aliphatic rings. The molecule has 2 aromatic carbocycles. The largest absolute Gasteiger partial charge is 0.497 e. The fraction of sp³-hybridized carbons (Fsp3) is 0.100. The number of halogens is 1. The number of hydrazone groups is 1. The minimum Gasteiger partial charge on any atom is -0.497 e. The van der Waals surface area contributed by atoms with E-state index in [1.54, 1.807) is 60.7 Å². The predicted octanol–water partition coefficient (Wildman–Crippen LogP) is 5.09. The standard InChI is InChI=1S/C20H17ClN2O3S2/c1-25-15-4-6-16(7-5-15)26-13-19(24)23-22-12-18-10-11-20(28-18)27-17-8-2-14(21)3-9-17/h2-12H,13H2,1H3,(H,23,24)/b22-12+. The lowest BCUT2D eigenvalue weighted by atomic mass is 10.3. The first-order valence-electron chi connectivity index (χ1n) is 8.24. The van der Waals surface area contributed by atoms with Crippen molar-refractivity contribution in [2.75, 3.05) is 13.7 Å². The Morgan fingerprint density at radius 2 is 1.82 bits per heavy atom. The summed E-state index contributed by atoms with van der Waals surface area (Å²) in [7, 11) is 1.59. The Kier molecular flexibility index (Phi) is 7.36. The summed E-state index contributed by atoms with van der Waals surface area (Å²) in [6, 6.07) is 18.7. The number of amides is 1. The molecule has 3 rings (SSSR count). The Hall–Kier alpha value is -2.48. The summed E-state index contributed by atoms with van der Waals surface area (Å²) in [5, 5.41) is 4.69. The highest BCUT2D eigenvalue weighted by Gasteiger charge is 2.03. The second-order valence-corrected chi connectivity index (χ2v) is 8.40. The van der Waals surface area contributed by atoms with Crippen molar-refractivity contribution in [1.29, 1.82) is 0 Å². The SMILES string of the molecule is COc1ccc(OCC(=O)N/N=C/c2ccc(Sc3ccc(Cl)cc3)s2)cc1. The average Bonchev–Trinajstić information content (AvgIpc) is 3.16. The molecule has 1 N–H and O–H groups in total. The minimum absolute atomic E-state index is 0.119. The number of nitrogens with one attached hydrogen (secondary N) is 1. The van der Waals surface area contributed by atoms with Crippen LogP contribution in [0.15, 0.2) is 74.9 Å². The number of methoxy groups -OCH3 is 1. The maximum Gasteiger partial charge on any atom is 0.277 e. The molecule has 0 spiro atoms. The van der Waals surface area contributed by atoms with E-state index in [1.165, 1.54) is 0 Å². The van der Waals surface area contributed by atoms with E-state index in [0.717, 1.165) is 24.8 Å². The number of ether oxygens (including phenoxy) is 2. The van der Waals surface area contributed by atoms with Gasteiger partial charge in [-0.25, -0.2) is 5.43 Å². The second kappa shape index (κ2) is 10.2. The third kappa shape index (κ3) is 6.30. The van der Waals surface area contributed by atoms with Gasteiger partial charge >= 0.3 is 0 Å². The molecular formula is C20H17ClN2O3S2. The van der Waals surface area contributed by atoms with Crippen LogP contribution in [0, 0.1) is 0 Å². The van der Waals surface area contributed by atoms with Gasteiger partial charge in [0.25, 0.3) is 5.91 Å². The van der Waals surface area contributed by atoms with Gasteiger partial charge in [0.1, 0.15) is 11.5 Å². The van der Waals surface area contributed by atoms with Gasteiger partial charge in [0.05, 0.1) is 17.5 Å². The molecule has 0 bridgehead atoms. The highest BCUT2D eigenvalue weighted by atomic mass is 35.5. The smallest absolute Gasteiger partial charge is 0.277 e. The van der Waals surface area contributed by atoms with Gasteiger partial charge in [-0.05, 0) is 60.7 Å². The number of thiophene rings is 1. The third-order valence-corrected chi connectivity index (χ3v) is 5.86. The van der Waals surface area contributed by atoms with Crippen LogP contribution >= 0.6 is 34.7 Å². The zero-order chi connectivity index (χ0) is 19.8. The number of nitrogens with zero attached hydrogens (tertiary/aromatic N) is 1. The molecule has 1 aromatic heterocycles. The fourth-order valence-corrected chi connectivity index (χ4v) is 4.22. The van der Waals surface area contributed by atoms with Gasteiger partial charge in [-0.2, -0.15) is 5.10 Å². The average molecular weight is 433 g/mol. The van der Waals surface area contributed by atoms with Crippen molar-refractivity contribution in [1.82, 2.24) is 5.43 Å². The van der Waals surface area contributed by atoms with Crippen LogP contribution in [0.25, 0.3) is 0 Å². The Morgan fingerprint density at radius 1 is 1.11 bits per heavy atom. The van der Waals surface area contributed by atoms with Crippen LogP contribution in [0.2, 0.25) is 5.02 Å². The second-order valence-electron chi connectivity index (χ2n) is 5.47. The molecule has 1 heterocycles. The Bertz CT molecular complexity index is 941. The summed E-state index contributed by atoms with van der Waals surface area (Å²) in [6.45, 7) is -0.119. The quantitative estimate of drug-likeness (QED) is 0.398. The van der Waals surface area contributed by atoms with Crippen LogP contribution in [0.1, 0.15) is 4.88 Å². The number of hydrogen-bond donors (Lipinski definition) is 1. The lowest BCUT2D eigenvalue weighted by molar-refractivity contribution is -0.123. The normalized spacial score (nSPS) is 10.8. The molecule has 0 saturated heterocycles. The van der Waals surface area contributed by atoms with E-state index in [-0.39, 0.29) is 12.5 Å². The van der Waals surface area contributed by atoms with E-state index in [9.17, 15) is 4.79 Å². The summed E-state index contributed by atoms with van der Waals surface area (Å²) in [5.74, 6) is 0.979. The maximum absolute atomic E-state index is 11.8. The van der Waals surface area contributed by atoms with Gasteiger partial charge in [-0.3, -0.25) is 4.79 Å². The van der Waals surface area contributed by atoms with E-state index in [1.807, 2.05) is 36.4 Å². The zero-order valence-electron chi connectivity index (χ0n) is 14.9. The molecule has 28 heavy (non-hydrogen) atoms. The Morgan fingerprint density at radius 3 is 2.54 bits per heavy atom. The van der Waals surface area contributed by atoms with Gasteiger partial charge in [0.2, 0.25) is 0 Å². The third-order valence-electron chi connectivity index (χ3n) is 3.44. The highest BCUT2D eigenvalue weighted by Crippen LogP contribution is 2.33. The van der Waals surface area contributed by atoms with Crippen LogP contribution in [0.5, 0.6) is 11.5 Å². The molecule has 1 amide bonds. The van der Waals surface area contributed by atoms with E-state index in [4.69, 9.17) is 21.1 Å². The van der Waals surface area contributed by atoms with E-state index in [0.29, 0.717) is 5.75 Å². The number of hydrogen-bond acceptors (Lipinski definition) is 6. The lowest BCUT2D eigenvalue weighted by Gasteiger charge is -2.05. The summed E-state index contributed by atoms with van der Waals surface area (Å²) in [4.78, 5) is 13.9. The first kappa shape index (κ1) is 20.3. The van der Waals surface area contributed by atoms with Crippen molar-refractivity contribution >= 4 is 46.8 Å². The molecule has 0 atom stereocenters. The first-order chi connectivity index (χ1) is 13.6. The first-order valence-corrected chi connectivity index (χ1v) is 10.3. The van der Waals surface area contributed by atoms with Crippen molar-refractivity contribution in [2.24, 2.45) is 5.10 Å². The Labute approximate surface area is 176 Å². The van der Waals surface area contributed by atoms with Crippen LogP contribution in [-0.4, -0.2) is 25.8 Å². The molecule has 0 saturated carbocycles.